The first-order valence-electron chi connectivity index (χ1n) is 7.76. The van der Waals surface area contributed by atoms with Crippen LogP contribution < -0.4 is 10.6 Å². The van der Waals surface area contributed by atoms with E-state index < -0.39 is 11.9 Å². The molecule has 0 aliphatic carbocycles. The van der Waals surface area contributed by atoms with Gasteiger partial charge in [0.25, 0.3) is 5.91 Å². The number of thioether (sulfide) groups is 1. The van der Waals surface area contributed by atoms with Gasteiger partial charge in [-0.1, -0.05) is 35.3 Å². The molecule has 0 radical (unpaired) electrons. The van der Waals surface area contributed by atoms with Crippen LogP contribution in [-0.4, -0.2) is 35.0 Å². The van der Waals surface area contributed by atoms with E-state index in [2.05, 4.69) is 10.6 Å². The van der Waals surface area contributed by atoms with Crippen molar-refractivity contribution < 1.29 is 14.7 Å². The minimum atomic E-state index is -0.737. The fourth-order valence-electron chi connectivity index (χ4n) is 2.20. The van der Waals surface area contributed by atoms with Gasteiger partial charge in [0, 0.05) is 5.69 Å². The lowest BCUT2D eigenvalue weighted by Gasteiger charge is -2.19. The number of nitrogens with one attached hydrogen (secondary N) is 2. The Labute approximate surface area is 166 Å². The van der Waals surface area contributed by atoms with E-state index >= 15 is 0 Å². The lowest BCUT2D eigenvalue weighted by Crippen LogP contribution is -2.44. The minimum Gasteiger partial charge on any atom is -0.506 e. The van der Waals surface area contributed by atoms with Crippen molar-refractivity contribution in [1.82, 2.24) is 5.32 Å². The van der Waals surface area contributed by atoms with Gasteiger partial charge in [-0.3, -0.25) is 9.59 Å². The second-order valence-corrected chi connectivity index (χ2v) is 7.24. The monoisotopic (exact) mass is 412 g/mol. The van der Waals surface area contributed by atoms with Crippen LogP contribution >= 0.6 is 35.0 Å². The second kappa shape index (κ2) is 9.71. The molecule has 2 rings (SSSR count). The predicted octanol–water partition coefficient (Wildman–Crippen LogP) is 4.19. The van der Waals surface area contributed by atoms with Crippen LogP contribution in [0.1, 0.15) is 16.8 Å². The molecule has 1 atom stereocenters. The number of hydrogen-bond donors (Lipinski definition) is 3. The van der Waals surface area contributed by atoms with Crippen molar-refractivity contribution in [3.05, 3.63) is 58.1 Å². The maximum absolute atomic E-state index is 12.6. The third-order valence-electron chi connectivity index (χ3n) is 3.57. The number of halogens is 2. The molecule has 8 heteroatoms. The summed E-state index contributed by atoms with van der Waals surface area (Å²) < 4.78 is 0. The van der Waals surface area contributed by atoms with Crippen molar-refractivity contribution in [3.63, 3.8) is 0 Å². The number of carbonyl (C=O) groups excluding carboxylic acids is 2. The maximum atomic E-state index is 12.6. The van der Waals surface area contributed by atoms with Crippen molar-refractivity contribution >= 4 is 52.5 Å². The molecule has 138 valence electrons. The number of carbonyl (C=O) groups is 2. The van der Waals surface area contributed by atoms with E-state index in [1.807, 2.05) is 6.26 Å². The molecule has 3 N–H and O–H groups in total. The van der Waals surface area contributed by atoms with Crippen LogP contribution in [0.3, 0.4) is 0 Å². The highest BCUT2D eigenvalue weighted by atomic mass is 35.5. The number of rotatable bonds is 7. The van der Waals surface area contributed by atoms with Crippen LogP contribution in [-0.2, 0) is 4.79 Å². The van der Waals surface area contributed by atoms with Crippen molar-refractivity contribution in [2.24, 2.45) is 0 Å². The summed E-state index contributed by atoms with van der Waals surface area (Å²) >= 11 is 13.5. The normalized spacial score (nSPS) is 11.7. The number of amides is 2. The van der Waals surface area contributed by atoms with Crippen molar-refractivity contribution in [2.75, 3.05) is 17.3 Å². The Kier molecular flexibility index (Phi) is 7.63. The Hall–Kier alpha value is -1.89. The smallest absolute Gasteiger partial charge is 0.253 e. The fraction of sp³-hybridized carbons (Fsp3) is 0.222. The average Bonchev–Trinajstić information content (AvgIpc) is 2.61. The summed E-state index contributed by atoms with van der Waals surface area (Å²) in [7, 11) is 0. The molecule has 0 aliphatic heterocycles. The van der Waals surface area contributed by atoms with Crippen LogP contribution in [0.15, 0.2) is 42.5 Å². The molecule has 0 heterocycles. The number of benzene rings is 2. The molecule has 5 nitrogen and oxygen atoms in total. The maximum Gasteiger partial charge on any atom is 0.253 e. The lowest BCUT2D eigenvalue weighted by atomic mass is 10.1. The van der Waals surface area contributed by atoms with Crippen molar-refractivity contribution in [3.8, 4) is 5.75 Å². The minimum absolute atomic E-state index is 0.0735. The van der Waals surface area contributed by atoms with Crippen LogP contribution in [0.25, 0.3) is 0 Å². The molecule has 0 bridgehead atoms. The third-order valence-corrected chi connectivity index (χ3v) is 4.84. The Bertz CT molecular complexity index is 802. The first kappa shape index (κ1) is 20.4. The Morgan fingerprint density at radius 1 is 1.15 bits per heavy atom. The molecule has 26 heavy (non-hydrogen) atoms. The molecule has 2 aromatic rings. The Morgan fingerprint density at radius 2 is 1.88 bits per heavy atom. The van der Waals surface area contributed by atoms with Crippen LogP contribution in [0, 0.1) is 0 Å². The molecule has 0 aromatic heterocycles. The van der Waals surface area contributed by atoms with Gasteiger partial charge in [0.15, 0.2) is 0 Å². The summed E-state index contributed by atoms with van der Waals surface area (Å²) in [5.41, 5.74) is 0.739. The van der Waals surface area contributed by atoms with E-state index in [0.717, 1.165) is 0 Å². The molecule has 2 amide bonds. The van der Waals surface area contributed by atoms with E-state index in [1.54, 1.807) is 36.0 Å². The first-order valence-corrected chi connectivity index (χ1v) is 9.91. The van der Waals surface area contributed by atoms with E-state index in [1.165, 1.54) is 18.2 Å². The molecule has 0 spiro atoms. The molecule has 0 saturated heterocycles. The largest absolute Gasteiger partial charge is 0.506 e. The van der Waals surface area contributed by atoms with E-state index in [0.29, 0.717) is 28.4 Å². The third kappa shape index (κ3) is 5.56. The van der Waals surface area contributed by atoms with Gasteiger partial charge in [-0.25, -0.2) is 0 Å². The van der Waals surface area contributed by atoms with Crippen molar-refractivity contribution in [1.29, 1.82) is 0 Å². The molecular formula is C18H18Cl2N2O3S. The highest BCUT2D eigenvalue weighted by Crippen LogP contribution is 2.26. The van der Waals surface area contributed by atoms with E-state index in [4.69, 9.17) is 23.2 Å². The summed E-state index contributed by atoms with van der Waals surface area (Å²) in [5, 5.41) is 15.3. The summed E-state index contributed by atoms with van der Waals surface area (Å²) in [5.74, 6) is -0.172. The van der Waals surface area contributed by atoms with Crippen LogP contribution in [0.4, 0.5) is 5.69 Å². The lowest BCUT2D eigenvalue weighted by molar-refractivity contribution is -0.118. The Morgan fingerprint density at radius 3 is 2.54 bits per heavy atom. The van der Waals surface area contributed by atoms with Gasteiger partial charge in [0.05, 0.1) is 15.6 Å². The quantitative estimate of drug-likeness (QED) is 0.595. The zero-order valence-corrected chi connectivity index (χ0v) is 16.3. The van der Waals surface area contributed by atoms with E-state index in [-0.39, 0.29) is 16.7 Å². The van der Waals surface area contributed by atoms with Gasteiger partial charge in [0.1, 0.15) is 11.8 Å². The van der Waals surface area contributed by atoms with Gasteiger partial charge in [-0.2, -0.15) is 11.8 Å². The van der Waals surface area contributed by atoms with Gasteiger partial charge in [-0.05, 0) is 48.8 Å². The topological polar surface area (TPSA) is 78.4 Å². The van der Waals surface area contributed by atoms with Gasteiger partial charge < -0.3 is 15.7 Å². The number of phenolic OH excluding ortho intramolecular Hbond substituents is 1. The summed E-state index contributed by atoms with van der Waals surface area (Å²) in [6.07, 6.45) is 2.37. The molecule has 2 aromatic carbocycles. The number of anilines is 1. The van der Waals surface area contributed by atoms with Gasteiger partial charge >= 0.3 is 0 Å². The Balaban J connectivity index is 2.12. The zero-order chi connectivity index (χ0) is 19.1. The van der Waals surface area contributed by atoms with Crippen LogP contribution in [0.2, 0.25) is 10.0 Å². The molecule has 0 saturated carbocycles. The number of aromatic hydroxyl groups is 1. The zero-order valence-electron chi connectivity index (χ0n) is 14.0. The summed E-state index contributed by atoms with van der Waals surface area (Å²) in [4.78, 5) is 25.1. The molecule has 0 aliphatic rings. The SMILES string of the molecule is CSCC[C@@H](NC(=O)c1ccccc1Cl)C(=O)Nc1ccc(O)c(Cl)c1. The standard InChI is InChI=1S/C18H18Cl2N2O3S/c1-26-9-8-15(22-17(24)12-4-2-3-5-13(12)19)18(25)21-11-6-7-16(23)14(20)10-11/h2-7,10,15,23H,8-9H2,1H3,(H,21,25)(H,22,24)/t15-/m1/s1. The second-order valence-electron chi connectivity index (χ2n) is 5.44. The fourth-order valence-corrected chi connectivity index (χ4v) is 3.07. The predicted molar refractivity (Wildman–Crippen MR) is 107 cm³/mol. The van der Waals surface area contributed by atoms with Crippen LogP contribution in [0.5, 0.6) is 5.75 Å². The highest BCUT2D eigenvalue weighted by molar-refractivity contribution is 7.98. The molecular weight excluding hydrogens is 395 g/mol. The van der Waals surface area contributed by atoms with Gasteiger partial charge in [-0.15, -0.1) is 0 Å². The average molecular weight is 413 g/mol. The molecule has 0 fully saturated rings. The molecule has 0 unspecified atom stereocenters. The summed E-state index contributed by atoms with van der Waals surface area (Å²) in [6, 6.07) is 10.3. The van der Waals surface area contributed by atoms with E-state index in [9.17, 15) is 14.7 Å². The van der Waals surface area contributed by atoms with Crippen molar-refractivity contribution in [2.45, 2.75) is 12.5 Å². The van der Waals surface area contributed by atoms with Gasteiger partial charge in [0.2, 0.25) is 5.91 Å². The number of hydrogen-bond acceptors (Lipinski definition) is 4. The highest BCUT2D eigenvalue weighted by Gasteiger charge is 2.22. The number of phenols is 1. The first-order chi connectivity index (χ1) is 12.4. The summed E-state index contributed by atoms with van der Waals surface area (Å²) in [6.45, 7) is 0.